The number of nitrogens with one attached hydrogen (secondary N) is 1. The third-order valence-electron chi connectivity index (χ3n) is 8.44. The zero-order chi connectivity index (χ0) is 23.4. The van der Waals surface area contributed by atoms with E-state index in [-0.39, 0.29) is 16.9 Å². The highest BCUT2D eigenvalue weighted by Crippen LogP contribution is 2.47. The molecular weight excluding hydrogens is 430 g/mol. The molecule has 2 aromatic rings. The number of anilines is 1. The summed E-state index contributed by atoms with van der Waals surface area (Å²) in [5.74, 6) is 0. The van der Waals surface area contributed by atoms with Gasteiger partial charge in [-0.3, -0.25) is 0 Å². The van der Waals surface area contributed by atoms with Crippen LogP contribution in [0.3, 0.4) is 0 Å². The fourth-order valence-electron chi connectivity index (χ4n) is 5.97. The maximum Gasteiger partial charge on any atom is 0.185 e. The van der Waals surface area contributed by atoms with Gasteiger partial charge in [-0.05, 0) is 66.5 Å². The number of aliphatic hydroxyl groups is 2. The smallest absolute Gasteiger partial charge is 0.185 e. The van der Waals surface area contributed by atoms with Crippen molar-refractivity contribution in [3.63, 3.8) is 0 Å². The molecule has 0 spiro atoms. The van der Waals surface area contributed by atoms with Crippen molar-refractivity contribution in [2.45, 2.75) is 101 Å². The lowest BCUT2D eigenvalue weighted by Gasteiger charge is -2.42. The summed E-state index contributed by atoms with van der Waals surface area (Å²) >= 11 is 1.74. The Morgan fingerprint density at radius 3 is 2.33 bits per heavy atom. The van der Waals surface area contributed by atoms with Crippen LogP contribution in [0, 0.1) is 0 Å². The molecule has 1 aromatic heterocycles. The van der Waals surface area contributed by atoms with E-state index in [4.69, 9.17) is 4.98 Å². The Kier molecular flexibility index (Phi) is 6.09. The molecule has 0 radical (unpaired) electrons. The molecule has 5 rings (SSSR count). The number of aromatic nitrogens is 1. The topological polar surface area (TPSA) is 68.6 Å². The molecule has 3 atom stereocenters. The summed E-state index contributed by atoms with van der Waals surface area (Å²) in [7, 11) is 0. The summed E-state index contributed by atoms with van der Waals surface area (Å²) in [6.07, 6.45) is 4.88. The van der Waals surface area contributed by atoms with E-state index in [1.807, 2.05) is 0 Å². The highest BCUT2D eigenvalue weighted by atomic mass is 32.1. The third-order valence-corrected chi connectivity index (χ3v) is 9.34. The highest BCUT2D eigenvalue weighted by molar-refractivity contribution is 7.14. The minimum atomic E-state index is -0.628. The quantitative estimate of drug-likeness (QED) is 0.611. The first-order valence-electron chi connectivity index (χ1n) is 12.6. The maximum absolute atomic E-state index is 10.1. The summed E-state index contributed by atoms with van der Waals surface area (Å²) in [6.45, 7) is 11.4. The lowest BCUT2D eigenvalue weighted by Crippen LogP contribution is -2.49. The van der Waals surface area contributed by atoms with Gasteiger partial charge in [-0.2, -0.15) is 0 Å². The van der Waals surface area contributed by atoms with Gasteiger partial charge in [0.1, 0.15) is 0 Å². The number of piperidine rings is 1. The Labute approximate surface area is 202 Å². The molecule has 5 nitrogen and oxygen atoms in total. The van der Waals surface area contributed by atoms with Crippen LogP contribution in [0.15, 0.2) is 23.6 Å². The van der Waals surface area contributed by atoms with Crippen molar-refractivity contribution in [3.05, 3.63) is 34.7 Å². The predicted molar refractivity (Wildman–Crippen MR) is 136 cm³/mol. The highest BCUT2D eigenvalue weighted by Gasteiger charge is 2.37. The molecule has 0 bridgehead atoms. The van der Waals surface area contributed by atoms with Gasteiger partial charge < -0.3 is 20.4 Å². The SMILES string of the molecule is CC1(C)CCC(C)(C)c2cc(-c3csc(N4CCC(N[C@@H]5CC[C@H](O)[C@@H]5O)CC4)n3)ccc21. The fraction of sp³-hybridized carbons (Fsp3) is 0.667. The average molecular weight is 470 g/mol. The largest absolute Gasteiger partial charge is 0.390 e. The van der Waals surface area contributed by atoms with Crippen molar-refractivity contribution in [2.75, 3.05) is 18.0 Å². The molecule has 0 unspecified atom stereocenters. The lowest BCUT2D eigenvalue weighted by atomic mass is 9.63. The second-order valence-corrected chi connectivity index (χ2v) is 12.5. The average Bonchev–Trinajstić information content (AvgIpc) is 3.40. The van der Waals surface area contributed by atoms with E-state index in [2.05, 4.69) is 61.5 Å². The van der Waals surface area contributed by atoms with Crippen molar-refractivity contribution in [1.82, 2.24) is 10.3 Å². The summed E-state index contributed by atoms with van der Waals surface area (Å²) in [5, 5.41) is 26.8. The second kappa shape index (κ2) is 8.63. The number of nitrogens with zero attached hydrogens (tertiary/aromatic N) is 2. The number of rotatable bonds is 4. The van der Waals surface area contributed by atoms with Crippen LogP contribution in [0.5, 0.6) is 0 Å². The fourth-order valence-corrected chi connectivity index (χ4v) is 6.86. The van der Waals surface area contributed by atoms with Crippen LogP contribution in [-0.2, 0) is 10.8 Å². The van der Waals surface area contributed by atoms with Gasteiger partial charge in [0.05, 0.1) is 17.9 Å². The van der Waals surface area contributed by atoms with Crippen molar-refractivity contribution >= 4 is 16.5 Å². The maximum atomic E-state index is 10.1. The molecule has 1 aliphatic heterocycles. The van der Waals surface area contributed by atoms with E-state index in [0.29, 0.717) is 12.5 Å². The zero-order valence-electron chi connectivity index (χ0n) is 20.5. The molecule has 1 saturated carbocycles. The van der Waals surface area contributed by atoms with Gasteiger partial charge in [0.2, 0.25) is 0 Å². The van der Waals surface area contributed by atoms with E-state index < -0.39 is 12.2 Å². The second-order valence-electron chi connectivity index (χ2n) is 11.7. The van der Waals surface area contributed by atoms with Crippen LogP contribution in [0.1, 0.15) is 77.3 Å². The first-order valence-corrected chi connectivity index (χ1v) is 13.5. The molecule has 33 heavy (non-hydrogen) atoms. The van der Waals surface area contributed by atoms with Gasteiger partial charge in [-0.25, -0.2) is 4.98 Å². The monoisotopic (exact) mass is 469 g/mol. The van der Waals surface area contributed by atoms with Gasteiger partial charge in [0.25, 0.3) is 0 Å². The molecule has 1 aromatic carbocycles. The summed E-state index contributed by atoms with van der Waals surface area (Å²) in [6, 6.07) is 7.43. The van der Waals surface area contributed by atoms with Crippen molar-refractivity contribution in [2.24, 2.45) is 0 Å². The van der Waals surface area contributed by atoms with Gasteiger partial charge in [-0.1, -0.05) is 39.8 Å². The van der Waals surface area contributed by atoms with E-state index in [9.17, 15) is 10.2 Å². The zero-order valence-corrected chi connectivity index (χ0v) is 21.3. The number of hydrogen-bond acceptors (Lipinski definition) is 6. The molecule has 2 fully saturated rings. The standard InChI is InChI=1S/C27H39N3O2S/c1-26(2)11-12-27(3,4)20-15-17(5-6-19(20)26)22-16-33-25(29-22)30-13-9-18(10-14-30)28-21-7-8-23(31)24(21)32/h5-6,15-16,18,21,23-24,28,31-32H,7-14H2,1-4H3/t21-,23+,24-/m1/s1. The Morgan fingerprint density at radius 2 is 1.67 bits per heavy atom. The van der Waals surface area contributed by atoms with Gasteiger partial charge in [0.15, 0.2) is 5.13 Å². The normalized spacial score (nSPS) is 29.3. The Hall–Kier alpha value is -1.47. The van der Waals surface area contributed by atoms with Gasteiger partial charge in [0, 0.05) is 36.1 Å². The van der Waals surface area contributed by atoms with E-state index in [1.54, 1.807) is 11.3 Å². The predicted octanol–water partition coefficient (Wildman–Crippen LogP) is 4.60. The lowest BCUT2D eigenvalue weighted by molar-refractivity contribution is 0.0276. The van der Waals surface area contributed by atoms with Crippen LogP contribution in [0.2, 0.25) is 0 Å². The number of thiazole rings is 1. The minimum absolute atomic E-state index is 0.0289. The molecule has 6 heteroatoms. The number of benzene rings is 1. The summed E-state index contributed by atoms with van der Waals surface area (Å²) in [4.78, 5) is 7.44. The minimum Gasteiger partial charge on any atom is -0.390 e. The van der Waals surface area contributed by atoms with Crippen molar-refractivity contribution in [3.8, 4) is 11.3 Å². The van der Waals surface area contributed by atoms with Gasteiger partial charge >= 0.3 is 0 Å². The third kappa shape index (κ3) is 4.47. The van der Waals surface area contributed by atoms with Crippen LogP contribution < -0.4 is 10.2 Å². The first-order chi connectivity index (χ1) is 15.6. The van der Waals surface area contributed by atoms with Crippen LogP contribution in [0.25, 0.3) is 11.3 Å². The molecular formula is C27H39N3O2S. The number of hydrogen-bond donors (Lipinski definition) is 3. The van der Waals surface area contributed by atoms with E-state index in [1.165, 1.54) is 29.5 Å². The molecule has 3 N–H and O–H groups in total. The first kappa shape index (κ1) is 23.3. The molecule has 180 valence electrons. The Balaban J connectivity index is 1.26. The van der Waals surface area contributed by atoms with Crippen LogP contribution >= 0.6 is 11.3 Å². The molecule has 2 heterocycles. The number of aliphatic hydroxyl groups excluding tert-OH is 2. The molecule has 1 saturated heterocycles. The van der Waals surface area contributed by atoms with E-state index >= 15 is 0 Å². The molecule has 2 aliphatic carbocycles. The van der Waals surface area contributed by atoms with Crippen molar-refractivity contribution < 1.29 is 10.2 Å². The van der Waals surface area contributed by atoms with Crippen LogP contribution in [0.4, 0.5) is 5.13 Å². The van der Waals surface area contributed by atoms with Crippen molar-refractivity contribution in [1.29, 1.82) is 0 Å². The Bertz CT molecular complexity index is 993. The van der Waals surface area contributed by atoms with E-state index in [0.717, 1.165) is 43.2 Å². The van der Waals surface area contributed by atoms with Gasteiger partial charge in [-0.15, -0.1) is 11.3 Å². The summed E-state index contributed by atoms with van der Waals surface area (Å²) < 4.78 is 0. The number of fused-ring (bicyclic) bond motifs is 1. The molecule has 0 amide bonds. The Morgan fingerprint density at radius 1 is 0.970 bits per heavy atom. The van der Waals surface area contributed by atoms with Crippen LogP contribution in [-0.4, -0.2) is 52.6 Å². The summed E-state index contributed by atoms with van der Waals surface area (Å²) in [5.41, 5.74) is 5.73. The molecule has 3 aliphatic rings.